The smallest absolute Gasteiger partial charge is 0.403 e. The van der Waals surface area contributed by atoms with Crippen LogP contribution in [0.2, 0.25) is 6.32 Å². The zero-order valence-electron chi connectivity index (χ0n) is 23.9. The monoisotopic (exact) mass is 498 g/mol. The van der Waals surface area contributed by atoms with E-state index in [0.717, 1.165) is 37.6 Å². The molecule has 2 amide bonds. The van der Waals surface area contributed by atoms with E-state index in [2.05, 4.69) is 33.0 Å². The number of carbonyl (C=O) groups is 2. The largest absolute Gasteiger partial charge is 0.457 e. The van der Waals surface area contributed by atoms with Crippen LogP contribution in [0.15, 0.2) is 30.3 Å². The topological polar surface area (TPSA) is 67.9 Å². The van der Waals surface area contributed by atoms with Crippen molar-refractivity contribution in [3.8, 4) is 0 Å². The molecule has 0 radical (unpaired) electrons. The highest BCUT2D eigenvalue weighted by Gasteiger charge is 2.56. The number of nitrogens with one attached hydrogen (secondary N) is 1. The van der Waals surface area contributed by atoms with Crippen molar-refractivity contribution in [2.24, 2.45) is 5.92 Å². The third-order valence-corrected chi connectivity index (χ3v) is 8.40. The summed E-state index contributed by atoms with van der Waals surface area (Å²) in [5.41, 5.74) is -0.933. The zero-order chi connectivity index (χ0) is 26.9. The molecule has 0 aromatic heterocycles. The van der Waals surface area contributed by atoms with E-state index in [9.17, 15) is 9.59 Å². The Balaban J connectivity index is 1.88. The molecular formula is C29H47BN2O4. The first kappa shape index (κ1) is 28.7. The number of benzene rings is 1. The van der Waals surface area contributed by atoms with Crippen LogP contribution in [0, 0.1) is 5.92 Å². The van der Waals surface area contributed by atoms with E-state index >= 15 is 0 Å². The minimum Gasteiger partial charge on any atom is -0.403 e. The van der Waals surface area contributed by atoms with Crippen molar-refractivity contribution in [2.45, 2.75) is 129 Å². The first-order chi connectivity index (χ1) is 16.6. The Bertz CT molecular complexity index is 911. The lowest BCUT2D eigenvalue weighted by molar-refractivity contribution is -0.154. The summed E-state index contributed by atoms with van der Waals surface area (Å²) in [6, 6.07) is 9.82. The molecule has 3 atom stereocenters. The minimum absolute atomic E-state index is 0.0360. The van der Waals surface area contributed by atoms with Gasteiger partial charge in [-0.1, -0.05) is 43.2 Å². The Morgan fingerprint density at radius 2 is 1.69 bits per heavy atom. The number of nitrogens with zero attached hydrogens (tertiary/aromatic N) is 1. The van der Waals surface area contributed by atoms with Crippen LogP contribution in [0.1, 0.15) is 106 Å². The highest BCUT2D eigenvalue weighted by Crippen LogP contribution is 2.47. The van der Waals surface area contributed by atoms with Crippen molar-refractivity contribution < 1.29 is 18.9 Å². The maximum atomic E-state index is 14.1. The van der Waals surface area contributed by atoms with Crippen molar-refractivity contribution in [1.29, 1.82) is 0 Å². The van der Waals surface area contributed by atoms with Gasteiger partial charge in [0.1, 0.15) is 5.54 Å². The summed E-state index contributed by atoms with van der Waals surface area (Å²) >= 11 is 0. The third kappa shape index (κ3) is 5.83. The molecule has 1 heterocycles. The lowest BCUT2D eigenvalue weighted by atomic mass is 9.75. The van der Waals surface area contributed by atoms with Crippen molar-refractivity contribution in [2.75, 3.05) is 0 Å². The quantitative estimate of drug-likeness (QED) is 0.452. The molecule has 2 fully saturated rings. The maximum Gasteiger partial charge on any atom is 0.457 e. The van der Waals surface area contributed by atoms with Crippen LogP contribution in [-0.2, 0) is 18.9 Å². The van der Waals surface area contributed by atoms with E-state index in [1.165, 1.54) is 0 Å². The van der Waals surface area contributed by atoms with Gasteiger partial charge < -0.3 is 19.5 Å². The molecule has 0 unspecified atom stereocenters. The molecule has 1 saturated carbocycles. The summed E-state index contributed by atoms with van der Waals surface area (Å²) in [7, 11) is -0.249. The summed E-state index contributed by atoms with van der Waals surface area (Å²) in [5.74, 6) is -0.0308. The van der Waals surface area contributed by atoms with Crippen molar-refractivity contribution in [3.63, 3.8) is 0 Å². The SMILES string of the molecule is CC(=O)N([C@@H](C)c1ccccc1)[C@@]1(C(=O)NC(C)(C)C)CCC[C@@H]1CCCB1OC(C)(C)C(C)(C)O1. The van der Waals surface area contributed by atoms with Gasteiger partial charge in [-0.15, -0.1) is 0 Å². The molecule has 1 aliphatic heterocycles. The van der Waals surface area contributed by atoms with Crippen LogP contribution in [0.3, 0.4) is 0 Å². The minimum atomic E-state index is -0.885. The summed E-state index contributed by atoms with van der Waals surface area (Å²) in [5, 5.41) is 3.24. The van der Waals surface area contributed by atoms with Crippen LogP contribution >= 0.6 is 0 Å². The second-order valence-electron chi connectivity index (χ2n) is 12.8. The van der Waals surface area contributed by atoms with Crippen molar-refractivity contribution >= 4 is 18.9 Å². The average molecular weight is 499 g/mol. The van der Waals surface area contributed by atoms with Crippen LogP contribution in [0.4, 0.5) is 0 Å². The van der Waals surface area contributed by atoms with Gasteiger partial charge in [-0.3, -0.25) is 9.59 Å². The Hall–Kier alpha value is -1.86. The van der Waals surface area contributed by atoms with Crippen LogP contribution in [0.25, 0.3) is 0 Å². The number of hydrogen-bond donors (Lipinski definition) is 1. The molecule has 2 aliphatic rings. The standard InChI is InChI=1S/C29H47BN2O4/c1-21(23-15-11-10-12-16-23)32(22(2)33)29(25(34)31-26(3,4)5)19-13-17-24(29)18-14-20-30-35-27(6,7)28(8,9)36-30/h10-12,15-16,21,24H,13-14,17-20H2,1-9H3,(H,31,34)/t21-,24+,29-/m0/s1. The maximum absolute atomic E-state index is 14.1. The number of carbonyl (C=O) groups excluding carboxylic acids is 2. The molecule has 6 nitrogen and oxygen atoms in total. The summed E-state index contributed by atoms with van der Waals surface area (Å²) in [6.45, 7) is 17.9. The number of rotatable bonds is 8. The molecule has 200 valence electrons. The van der Waals surface area contributed by atoms with Gasteiger partial charge in [-0.2, -0.15) is 0 Å². The third-order valence-electron chi connectivity index (χ3n) is 8.40. The molecule has 1 N–H and O–H groups in total. The van der Waals surface area contributed by atoms with Gasteiger partial charge in [0.2, 0.25) is 11.8 Å². The highest BCUT2D eigenvalue weighted by atomic mass is 16.7. The van der Waals surface area contributed by atoms with Crippen LogP contribution in [0.5, 0.6) is 0 Å². The molecule has 7 heteroatoms. The van der Waals surface area contributed by atoms with Gasteiger partial charge in [-0.05, 0) is 92.5 Å². The van der Waals surface area contributed by atoms with Gasteiger partial charge in [0.05, 0.1) is 17.2 Å². The summed E-state index contributed by atoms with van der Waals surface area (Å²) in [4.78, 5) is 29.3. The zero-order valence-corrected chi connectivity index (χ0v) is 23.9. The predicted molar refractivity (Wildman–Crippen MR) is 145 cm³/mol. The fourth-order valence-corrected chi connectivity index (χ4v) is 6.01. The van der Waals surface area contributed by atoms with E-state index in [0.29, 0.717) is 6.42 Å². The molecule has 1 aromatic rings. The molecule has 0 spiro atoms. The first-order valence-corrected chi connectivity index (χ1v) is 13.6. The van der Waals surface area contributed by atoms with Crippen LogP contribution in [-0.4, -0.2) is 46.1 Å². The van der Waals surface area contributed by atoms with Gasteiger partial charge in [-0.25, -0.2) is 0 Å². The number of hydrogen-bond acceptors (Lipinski definition) is 4. The van der Waals surface area contributed by atoms with Gasteiger partial charge in [0.15, 0.2) is 0 Å². The van der Waals surface area contributed by atoms with Gasteiger partial charge in [0, 0.05) is 12.5 Å². The van der Waals surface area contributed by atoms with E-state index in [-0.39, 0.29) is 42.1 Å². The highest BCUT2D eigenvalue weighted by molar-refractivity contribution is 6.45. The Morgan fingerprint density at radius 1 is 1.11 bits per heavy atom. The molecule has 36 heavy (non-hydrogen) atoms. The summed E-state index contributed by atoms with van der Waals surface area (Å²) in [6.07, 6.45) is 5.00. The fraction of sp³-hybridized carbons (Fsp3) is 0.724. The number of amides is 2. The van der Waals surface area contributed by atoms with Gasteiger partial charge in [0.25, 0.3) is 0 Å². The van der Waals surface area contributed by atoms with E-state index < -0.39 is 11.1 Å². The molecule has 1 aliphatic carbocycles. The van der Waals surface area contributed by atoms with E-state index in [4.69, 9.17) is 9.31 Å². The fourth-order valence-electron chi connectivity index (χ4n) is 6.01. The van der Waals surface area contributed by atoms with E-state index in [1.54, 1.807) is 6.92 Å². The first-order valence-electron chi connectivity index (χ1n) is 13.6. The van der Waals surface area contributed by atoms with Crippen molar-refractivity contribution in [1.82, 2.24) is 10.2 Å². The second kappa shape index (κ2) is 10.5. The lowest BCUT2D eigenvalue weighted by Crippen LogP contribution is -2.65. The molecular weight excluding hydrogens is 451 g/mol. The molecule has 1 saturated heterocycles. The second-order valence-corrected chi connectivity index (χ2v) is 12.8. The predicted octanol–water partition coefficient (Wildman–Crippen LogP) is 5.92. The molecule has 1 aromatic carbocycles. The molecule has 0 bridgehead atoms. The average Bonchev–Trinajstić information content (AvgIpc) is 3.25. The van der Waals surface area contributed by atoms with E-state index in [1.807, 2.05) is 62.9 Å². The Kier molecular flexibility index (Phi) is 8.36. The normalized spacial score (nSPS) is 26.0. The summed E-state index contributed by atoms with van der Waals surface area (Å²) < 4.78 is 12.4. The van der Waals surface area contributed by atoms with Crippen molar-refractivity contribution in [3.05, 3.63) is 35.9 Å². The Morgan fingerprint density at radius 3 is 2.22 bits per heavy atom. The van der Waals surface area contributed by atoms with Gasteiger partial charge >= 0.3 is 7.12 Å². The Labute approximate surface area is 219 Å². The van der Waals surface area contributed by atoms with Crippen LogP contribution < -0.4 is 5.32 Å². The lowest BCUT2D eigenvalue weighted by Gasteiger charge is -2.48. The molecule has 3 rings (SSSR count).